The van der Waals surface area contributed by atoms with Gasteiger partial charge in [-0.25, -0.2) is 4.99 Å². The van der Waals surface area contributed by atoms with Gasteiger partial charge in [0.15, 0.2) is 5.96 Å². The van der Waals surface area contributed by atoms with Crippen LogP contribution in [0.15, 0.2) is 29.3 Å². The second kappa shape index (κ2) is 13.9. The first-order valence-corrected chi connectivity index (χ1v) is 11.3. The highest BCUT2D eigenvalue weighted by Gasteiger charge is 2.27. The topological polar surface area (TPSA) is 66.4 Å². The molecule has 174 valence electrons. The van der Waals surface area contributed by atoms with Gasteiger partial charge in [0.05, 0.1) is 32.3 Å². The summed E-state index contributed by atoms with van der Waals surface area (Å²) in [5.41, 5.74) is 2.54. The van der Waals surface area contributed by atoms with Gasteiger partial charge in [-0.3, -0.25) is 9.69 Å². The second-order valence-electron chi connectivity index (χ2n) is 7.89. The molecule has 2 heterocycles. The zero-order valence-corrected chi connectivity index (χ0v) is 21.2. The number of ether oxygens (including phenoxy) is 2. The summed E-state index contributed by atoms with van der Waals surface area (Å²) in [7, 11) is 0. The highest BCUT2D eigenvalue weighted by atomic mass is 127. The van der Waals surface area contributed by atoms with Gasteiger partial charge in [0.25, 0.3) is 0 Å². The molecule has 1 N–H and O–H groups in total. The molecule has 0 saturated carbocycles. The Bertz CT molecular complexity index is 702. The number of nitrogens with zero attached hydrogens (tertiary/aromatic N) is 3. The minimum absolute atomic E-state index is 0. The molecule has 7 nitrogen and oxygen atoms in total. The smallest absolute Gasteiger partial charge is 0.309 e. The molecule has 3 rings (SSSR count). The van der Waals surface area contributed by atoms with E-state index in [1.807, 2.05) is 6.92 Å². The number of esters is 1. The van der Waals surface area contributed by atoms with Crippen molar-refractivity contribution in [2.45, 2.75) is 39.8 Å². The Hall–Kier alpha value is -1.39. The van der Waals surface area contributed by atoms with Gasteiger partial charge in [0, 0.05) is 39.3 Å². The number of rotatable bonds is 7. The molecule has 1 aromatic carbocycles. The fraction of sp³-hybridized carbons (Fsp3) is 0.652. The van der Waals surface area contributed by atoms with Gasteiger partial charge in [-0.05, 0) is 37.8 Å². The minimum atomic E-state index is -0.0591. The zero-order valence-electron chi connectivity index (χ0n) is 18.8. The lowest BCUT2D eigenvalue weighted by Crippen LogP contribution is -2.46. The maximum atomic E-state index is 12.0. The van der Waals surface area contributed by atoms with Gasteiger partial charge in [-0.1, -0.05) is 24.3 Å². The molecule has 0 aromatic heterocycles. The SMILES string of the molecule is CCNC(=NCc1cccc(CN2CCOCC2)c1)N1CCC(C(=O)OCC)CC1.I. The molecular formula is C23H37IN4O3. The quantitative estimate of drug-likeness (QED) is 0.247. The molecule has 0 amide bonds. The highest BCUT2D eigenvalue weighted by molar-refractivity contribution is 14.0. The Morgan fingerprint density at radius 3 is 2.55 bits per heavy atom. The fourth-order valence-corrected chi connectivity index (χ4v) is 4.02. The van der Waals surface area contributed by atoms with Crippen LogP contribution in [-0.4, -0.2) is 74.3 Å². The molecule has 1 aromatic rings. The summed E-state index contributed by atoms with van der Waals surface area (Å²) in [5.74, 6) is 0.885. The summed E-state index contributed by atoms with van der Waals surface area (Å²) in [5, 5.41) is 3.41. The van der Waals surface area contributed by atoms with Crippen LogP contribution in [0.2, 0.25) is 0 Å². The predicted octanol–water partition coefficient (Wildman–Crippen LogP) is 2.88. The van der Waals surface area contributed by atoms with E-state index in [-0.39, 0.29) is 35.9 Å². The van der Waals surface area contributed by atoms with Crippen molar-refractivity contribution in [1.82, 2.24) is 15.1 Å². The van der Waals surface area contributed by atoms with E-state index in [1.165, 1.54) is 11.1 Å². The van der Waals surface area contributed by atoms with Crippen LogP contribution in [0.25, 0.3) is 0 Å². The van der Waals surface area contributed by atoms with Crippen LogP contribution in [0.4, 0.5) is 0 Å². The van der Waals surface area contributed by atoms with E-state index in [0.717, 1.165) is 71.3 Å². The lowest BCUT2D eigenvalue weighted by molar-refractivity contribution is -0.149. The predicted molar refractivity (Wildman–Crippen MR) is 134 cm³/mol. The first-order chi connectivity index (χ1) is 14.7. The number of likely N-dealkylation sites (tertiary alicyclic amines) is 1. The molecule has 31 heavy (non-hydrogen) atoms. The van der Waals surface area contributed by atoms with Gasteiger partial charge in [-0.2, -0.15) is 0 Å². The summed E-state index contributed by atoms with van der Waals surface area (Å²) in [6, 6.07) is 8.71. The molecule has 2 aliphatic heterocycles. The number of carbonyl (C=O) groups is 1. The Morgan fingerprint density at radius 2 is 1.87 bits per heavy atom. The van der Waals surface area contributed by atoms with Crippen LogP contribution in [0.3, 0.4) is 0 Å². The number of guanidine groups is 1. The Labute approximate surface area is 203 Å². The monoisotopic (exact) mass is 544 g/mol. The normalized spacial score (nSPS) is 18.4. The van der Waals surface area contributed by atoms with E-state index in [2.05, 4.69) is 46.3 Å². The summed E-state index contributed by atoms with van der Waals surface area (Å²) >= 11 is 0. The number of piperidine rings is 1. The van der Waals surface area contributed by atoms with E-state index < -0.39 is 0 Å². The maximum absolute atomic E-state index is 12.0. The third-order valence-electron chi connectivity index (χ3n) is 5.66. The molecule has 2 fully saturated rings. The molecule has 0 bridgehead atoms. The van der Waals surface area contributed by atoms with Gasteiger partial charge in [0.2, 0.25) is 0 Å². The maximum Gasteiger partial charge on any atom is 0.309 e. The van der Waals surface area contributed by atoms with Crippen LogP contribution >= 0.6 is 24.0 Å². The molecule has 0 spiro atoms. The first-order valence-electron chi connectivity index (χ1n) is 11.3. The second-order valence-corrected chi connectivity index (χ2v) is 7.89. The van der Waals surface area contributed by atoms with Crippen LogP contribution in [-0.2, 0) is 27.4 Å². The molecule has 2 saturated heterocycles. The van der Waals surface area contributed by atoms with Crippen molar-refractivity contribution in [3.05, 3.63) is 35.4 Å². The summed E-state index contributed by atoms with van der Waals surface area (Å²) in [6.07, 6.45) is 1.64. The van der Waals surface area contributed by atoms with Gasteiger partial charge in [-0.15, -0.1) is 24.0 Å². The van der Waals surface area contributed by atoms with Crippen molar-refractivity contribution in [3.63, 3.8) is 0 Å². The number of nitrogens with one attached hydrogen (secondary N) is 1. The first kappa shape index (κ1) is 25.9. The minimum Gasteiger partial charge on any atom is -0.466 e. The number of carbonyl (C=O) groups excluding carboxylic acids is 1. The number of morpholine rings is 1. The lowest BCUT2D eigenvalue weighted by Gasteiger charge is -2.33. The van der Waals surface area contributed by atoms with E-state index >= 15 is 0 Å². The number of hydrogen-bond acceptors (Lipinski definition) is 5. The van der Waals surface area contributed by atoms with E-state index in [1.54, 1.807) is 0 Å². The Morgan fingerprint density at radius 1 is 1.16 bits per heavy atom. The number of hydrogen-bond donors (Lipinski definition) is 1. The van der Waals surface area contributed by atoms with Crippen molar-refractivity contribution >= 4 is 35.9 Å². The van der Waals surface area contributed by atoms with Crippen LogP contribution < -0.4 is 5.32 Å². The van der Waals surface area contributed by atoms with Crippen LogP contribution in [0.1, 0.15) is 37.8 Å². The van der Waals surface area contributed by atoms with Crippen molar-refractivity contribution in [2.24, 2.45) is 10.9 Å². The number of aliphatic imine (C=N–C) groups is 1. The van der Waals surface area contributed by atoms with Gasteiger partial charge in [0.1, 0.15) is 0 Å². The molecule has 2 aliphatic rings. The average molecular weight is 544 g/mol. The third-order valence-corrected chi connectivity index (χ3v) is 5.66. The molecule has 0 aliphatic carbocycles. The van der Waals surface area contributed by atoms with Crippen molar-refractivity contribution in [1.29, 1.82) is 0 Å². The fourth-order valence-electron chi connectivity index (χ4n) is 4.02. The summed E-state index contributed by atoms with van der Waals surface area (Å²) in [4.78, 5) is 21.6. The largest absolute Gasteiger partial charge is 0.466 e. The van der Waals surface area contributed by atoms with Gasteiger partial charge >= 0.3 is 5.97 Å². The Balaban J connectivity index is 0.00000341. The molecule has 0 radical (unpaired) electrons. The van der Waals surface area contributed by atoms with Crippen molar-refractivity contribution in [2.75, 3.05) is 52.5 Å². The lowest BCUT2D eigenvalue weighted by atomic mass is 9.97. The van der Waals surface area contributed by atoms with Crippen LogP contribution in [0, 0.1) is 5.92 Å². The highest BCUT2D eigenvalue weighted by Crippen LogP contribution is 2.19. The summed E-state index contributed by atoms with van der Waals surface area (Å²) in [6.45, 7) is 12.1. The molecule has 0 atom stereocenters. The standard InChI is InChI=1S/C23H36N4O3.HI/c1-3-24-23(27-10-8-21(9-11-27)22(28)30-4-2)25-17-19-6-5-7-20(16-19)18-26-12-14-29-15-13-26;/h5-7,16,21H,3-4,8-15,17-18H2,1-2H3,(H,24,25);1H. The number of benzene rings is 1. The Kier molecular flexibility index (Phi) is 11.6. The molecule has 0 unspecified atom stereocenters. The average Bonchev–Trinajstić information content (AvgIpc) is 2.78. The van der Waals surface area contributed by atoms with Crippen molar-refractivity contribution in [3.8, 4) is 0 Å². The van der Waals surface area contributed by atoms with E-state index in [4.69, 9.17) is 14.5 Å². The van der Waals surface area contributed by atoms with Crippen molar-refractivity contribution < 1.29 is 14.3 Å². The van der Waals surface area contributed by atoms with Gasteiger partial charge < -0.3 is 19.7 Å². The van der Waals surface area contributed by atoms with E-state index in [9.17, 15) is 4.79 Å². The number of halogens is 1. The molecule has 8 heteroatoms. The zero-order chi connectivity index (χ0) is 21.2. The summed E-state index contributed by atoms with van der Waals surface area (Å²) < 4.78 is 10.6. The molecular weight excluding hydrogens is 507 g/mol. The van der Waals surface area contributed by atoms with Crippen LogP contribution in [0.5, 0.6) is 0 Å². The third kappa shape index (κ3) is 8.23. The van der Waals surface area contributed by atoms with E-state index in [0.29, 0.717) is 13.2 Å².